The van der Waals surface area contributed by atoms with Crippen molar-refractivity contribution in [3.63, 3.8) is 0 Å². The lowest BCUT2D eigenvalue weighted by Crippen LogP contribution is -2.41. The zero-order valence-electron chi connectivity index (χ0n) is 18.5. The molecule has 0 unspecified atom stereocenters. The molecule has 2 aromatic carbocycles. The van der Waals surface area contributed by atoms with Gasteiger partial charge in [-0.05, 0) is 49.9 Å². The van der Waals surface area contributed by atoms with Gasteiger partial charge in [-0.1, -0.05) is 30.3 Å². The van der Waals surface area contributed by atoms with Gasteiger partial charge in [0.2, 0.25) is 15.9 Å². The number of sulfonamides is 1. The van der Waals surface area contributed by atoms with E-state index in [0.29, 0.717) is 30.8 Å². The molecule has 3 aromatic rings. The number of fused-ring (bicyclic) bond motifs is 1. The van der Waals surface area contributed by atoms with Crippen LogP contribution in [0.5, 0.6) is 0 Å². The van der Waals surface area contributed by atoms with Gasteiger partial charge in [0.1, 0.15) is 5.82 Å². The van der Waals surface area contributed by atoms with E-state index in [1.807, 2.05) is 24.3 Å². The Kier molecular flexibility index (Phi) is 6.03. The summed E-state index contributed by atoms with van der Waals surface area (Å²) in [5.74, 6) is 0.887. The third-order valence-electron chi connectivity index (χ3n) is 6.56. The number of amides is 1. The van der Waals surface area contributed by atoms with Gasteiger partial charge in [-0.25, -0.2) is 13.4 Å². The number of hydrogen-bond donors (Lipinski definition) is 1. The predicted molar refractivity (Wildman–Crippen MR) is 127 cm³/mol. The second-order valence-corrected chi connectivity index (χ2v) is 10.7. The second kappa shape index (κ2) is 9.11. The number of piperidine rings is 1. The van der Waals surface area contributed by atoms with Gasteiger partial charge < -0.3 is 9.88 Å². The molecule has 7 nitrogen and oxygen atoms in total. The maximum atomic E-state index is 12.8. The molecule has 0 spiro atoms. The molecule has 0 bridgehead atoms. The SMILES string of the molecule is O=C(Nc1ccc(-c2cn3c(n2)CCCC3)cc1)C1CCN(S(=O)(=O)c2ccccc2)CC1. The highest BCUT2D eigenvalue weighted by Gasteiger charge is 2.32. The van der Waals surface area contributed by atoms with E-state index in [2.05, 4.69) is 16.1 Å². The topological polar surface area (TPSA) is 84.3 Å². The third kappa shape index (κ3) is 4.58. The van der Waals surface area contributed by atoms with Gasteiger partial charge in [-0.15, -0.1) is 0 Å². The van der Waals surface area contributed by atoms with Crippen molar-refractivity contribution < 1.29 is 13.2 Å². The third-order valence-corrected chi connectivity index (χ3v) is 8.48. The van der Waals surface area contributed by atoms with Crippen molar-refractivity contribution in [2.75, 3.05) is 18.4 Å². The van der Waals surface area contributed by atoms with E-state index in [0.717, 1.165) is 35.7 Å². The molecule has 2 aliphatic heterocycles. The number of aromatic nitrogens is 2. The first kappa shape index (κ1) is 21.9. The fourth-order valence-electron chi connectivity index (χ4n) is 4.62. The van der Waals surface area contributed by atoms with Crippen molar-refractivity contribution in [1.29, 1.82) is 0 Å². The molecule has 2 aliphatic rings. The summed E-state index contributed by atoms with van der Waals surface area (Å²) in [4.78, 5) is 17.8. The summed E-state index contributed by atoms with van der Waals surface area (Å²) in [7, 11) is -3.51. The summed E-state index contributed by atoms with van der Waals surface area (Å²) >= 11 is 0. The van der Waals surface area contributed by atoms with Crippen LogP contribution in [0, 0.1) is 5.92 Å². The zero-order chi connectivity index (χ0) is 22.8. The van der Waals surface area contributed by atoms with Gasteiger partial charge in [-0.3, -0.25) is 4.79 Å². The van der Waals surface area contributed by atoms with Crippen LogP contribution in [0.3, 0.4) is 0 Å². The molecule has 1 N–H and O–H groups in total. The molecule has 5 rings (SSSR count). The molecule has 1 fully saturated rings. The first-order chi connectivity index (χ1) is 16.0. The van der Waals surface area contributed by atoms with Crippen molar-refractivity contribution in [1.82, 2.24) is 13.9 Å². The van der Waals surface area contributed by atoms with Gasteiger partial charge in [0.15, 0.2) is 0 Å². The van der Waals surface area contributed by atoms with Crippen molar-refractivity contribution in [3.05, 3.63) is 66.6 Å². The number of carbonyl (C=O) groups excluding carboxylic acids is 1. The lowest BCUT2D eigenvalue weighted by atomic mass is 9.97. The van der Waals surface area contributed by atoms with Crippen LogP contribution in [-0.2, 0) is 27.8 Å². The van der Waals surface area contributed by atoms with Gasteiger partial charge >= 0.3 is 0 Å². The van der Waals surface area contributed by atoms with Crippen LogP contribution < -0.4 is 5.32 Å². The van der Waals surface area contributed by atoms with Crippen molar-refractivity contribution in [3.8, 4) is 11.3 Å². The fourth-order valence-corrected chi connectivity index (χ4v) is 6.11. The number of nitrogens with one attached hydrogen (secondary N) is 1. The molecule has 0 saturated carbocycles. The highest BCUT2D eigenvalue weighted by molar-refractivity contribution is 7.89. The Hall–Kier alpha value is -2.97. The number of nitrogens with zero attached hydrogens (tertiary/aromatic N) is 3. The number of rotatable bonds is 5. The highest BCUT2D eigenvalue weighted by atomic mass is 32.2. The Balaban J connectivity index is 1.18. The normalized spacial score (nSPS) is 17.5. The maximum absolute atomic E-state index is 12.8. The van der Waals surface area contributed by atoms with E-state index in [-0.39, 0.29) is 11.8 Å². The Labute approximate surface area is 194 Å². The minimum absolute atomic E-state index is 0.0584. The Morgan fingerprint density at radius 2 is 1.67 bits per heavy atom. The van der Waals surface area contributed by atoms with Gasteiger partial charge in [-0.2, -0.15) is 4.31 Å². The van der Waals surface area contributed by atoms with E-state index in [1.165, 1.54) is 17.1 Å². The highest BCUT2D eigenvalue weighted by Crippen LogP contribution is 2.26. The summed E-state index contributed by atoms with van der Waals surface area (Å²) in [6, 6.07) is 16.2. The fraction of sp³-hybridized carbons (Fsp3) is 0.360. The average Bonchev–Trinajstić information content (AvgIpc) is 3.29. The van der Waals surface area contributed by atoms with Crippen molar-refractivity contribution >= 4 is 21.6 Å². The number of benzene rings is 2. The molecule has 1 amide bonds. The van der Waals surface area contributed by atoms with Gasteiger partial charge in [0.05, 0.1) is 10.6 Å². The van der Waals surface area contributed by atoms with E-state index in [9.17, 15) is 13.2 Å². The summed E-state index contributed by atoms with van der Waals surface area (Å²) in [5, 5.41) is 2.99. The van der Waals surface area contributed by atoms with Crippen LogP contribution in [0.4, 0.5) is 5.69 Å². The number of carbonyl (C=O) groups is 1. The predicted octanol–water partition coefficient (Wildman–Crippen LogP) is 3.93. The van der Waals surface area contributed by atoms with E-state index < -0.39 is 10.0 Å². The Morgan fingerprint density at radius 3 is 2.36 bits per heavy atom. The smallest absolute Gasteiger partial charge is 0.243 e. The molecular weight excluding hydrogens is 436 g/mol. The molecule has 33 heavy (non-hydrogen) atoms. The second-order valence-electron chi connectivity index (χ2n) is 8.75. The molecule has 1 saturated heterocycles. The first-order valence-electron chi connectivity index (χ1n) is 11.5. The molecule has 1 aromatic heterocycles. The van der Waals surface area contributed by atoms with Crippen LogP contribution in [-0.4, -0.2) is 41.3 Å². The lowest BCUT2D eigenvalue weighted by molar-refractivity contribution is -0.120. The minimum atomic E-state index is -3.51. The minimum Gasteiger partial charge on any atom is -0.334 e. The van der Waals surface area contributed by atoms with E-state index >= 15 is 0 Å². The molecule has 172 valence electrons. The molecule has 0 radical (unpaired) electrons. The monoisotopic (exact) mass is 464 g/mol. The zero-order valence-corrected chi connectivity index (χ0v) is 19.3. The standard InChI is InChI=1S/C25H28N4O3S/c30-25(20-13-16-29(17-14-20)33(31,32)22-6-2-1-3-7-22)26-21-11-9-19(10-12-21)23-18-28-15-5-4-8-24(28)27-23/h1-3,6-7,9-12,18,20H,4-5,8,13-17H2,(H,26,30). The largest absolute Gasteiger partial charge is 0.334 e. The number of imidazole rings is 1. The molecule has 3 heterocycles. The molecule has 0 aliphatic carbocycles. The summed E-state index contributed by atoms with van der Waals surface area (Å²) < 4.78 is 29.3. The summed E-state index contributed by atoms with van der Waals surface area (Å²) in [5.41, 5.74) is 2.75. The van der Waals surface area contributed by atoms with Crippen LogP contribution >= 0.6 is 0 Å². The molecular formula is C25H28N4O3S. The van der Waals surface area contributed by atoms with Crippen LogP contribution in [0.1, 0.15) is 31.5 Å². The summed E-state index contributed by atoms with van der Waals surface area (Å²) in [6.07, 6.45) is 6.55. The number of anilines is 1. The quantitative estimate of drug-likeness (QED) is 0.620. The maximum Gasteiger partial charge on any atom is 0.243 e. The van der Waals surface area contributed by atoms with Crippen LogP contribution in [0.25, 0.3) is 11.3 Å². The molecule has 0 atom stereocenters. The van der Waals surface area contributed by atoms with Crippen molar-refractivity contribution in [2.24, 2.45) is 5.92 Å². The summed E-state index contributed by atoms with van der Waals surface area (Å²) in [6.45, 7) is 1.72. The first-order valence-corrected chi connectivity index (χ1v) is 13.0. The van der Waals surface area contributed by atoms with E-state index in [1.54, 1.807) is 30.3 Å². The molecule has 8 heteroatoms. The Morgan fingerprint density at radius 1 is 0.939 bits per heavy atom. The number of aryl methyl sites for hydroxylation is 2. The number of hydrogen-bond acceptors (Lipinski definition) is 4. The van der Waals surface area contributed by atoms with Gasteiger partial charge in [0, 0.05) is 49.4 Å². The van der Waals surface area contributed by atoms with Gasteiger partial charge in [0.25, 0.3) is 0 Å². The Bertz CT molecular complexity index is 1200. The van der Waals surface area contributed by atoms with Crippen LogP contribution in [0.15, 0.2) is 65.7 Å². The van der Waals surface area contributed by atoms with Crippen molar-refractivity contribution in [2.45, 2.75) is 43.5 Å². The van der Waals surface area contributed by atoms with E-state index in [4.69, 9.17) is 4.98 Å². The van der Waals surface area contributed by atoms with Crippen LogP contribution in [0.2, 0.25) is 0 Å². The average molecular weight is 465 g/mol. The lowest BCUT2D eigenvalue weighted by Gasteiger charge is -2.30.